The highest BCUT2D eigenvalue weighted by molar-refractivity contribution is 7.80. The summed E-state index contributed by atoms with van der Waals surface area (Å²) in [7, 11) is 0. The van der Waals surface area contributed by atoms with Crippen molar-refractivity contribution in [3.05, 3.63) is 65.0 Å². The van der Waals surface area contributed by atoms with Crippen molar-refractivity contribution in [3.63, 3.8) is 0 Å². The maximum Gasteiger partial charge on any atom is 0.416 e. The van der Waals surface area contributed by atoms with Crippen molar-refractivity contribution in [2.24, 2.45) is 0 Å². The summed E-state index contributed by atoms with van der Waals surface area (Å²) in [6, 6.07) is 9.62. The number of rotatable bonds is 9. The highest BCUT2D eigenvalue weighted by Crippen LogP contribution is 2.31. The second-order valence-electron chi connectivity index (χ2n) is 7.16. The molecule has 0 aliphatic heterocycles. The minimum Gasteiger partial charge on any atom is -0.487 e. The molecule has 0 aliphatic rings. The van der Waals surface area contributed by atoms with Gasteiger partial charge >= 0.3 is 12.1 Å². The molecule has 3 aromatic rings. The number of aliphatic carboxylic acids is 1. The summed E-state index contributed by atoms with van der Waals surface area (Å²) in [5, 5.41) is 9.24. The van der Waals surface area contributed by atoms with E-state index in [1.54, 1.807) is 32.0 Å². The molecular weight excluding hydrogens is 459 g/mol. The van der Waals surface area contributed by atoms with Gasteiger partial charge < -0.3 is 19.0 Å². The van der Waals surface area contributed by atoms with Crippen LogP contribution in [0.5, 0.6) is 5.75 Å². The Morgan fingerprint density at radius 3 is 2.48 bits per heavy atom. The molecule has 1 aromatic heterocycles. The van der Waals surface area contributed by atoms with Crippen LogP contribution in [0.2, 0.25) is 0 Å². The highest BCUT2D eigenvalue weighted by atomic mass is 32.1. The van der Waals surface area contributed by atoms with Gasteiger partial charge in [-0.25, -0.2) is 9.78 Å². The number of carboxylic acids is 1. The van der Waals surface area contributed by atoms with Crippen LogP contribution in [-0.4, -0.2) is 28.8 Å². The molecule has 3 rings (SSSR count). The van der Waals surface area contributed by atoms with Crippen LogP contribution in [-0.2, 0) is 28.7 Å². The van der Waals surface area contributed by atoms with Gasteiger partial charge in [0.25, 0.3) is 0 Å². The van der Waals surface area contributed by atoms with Crippen LogP contribution in [0, 0.1) is 6.92 Å². The average Bonchev–Trinajstić information content (AvgIpc) is 3.13. The molecule has 10 heteroatoms. The van der Waals surface area contributed by atoms with Crippen molar-refractivity contribution in [1.29, 1.82) is 0 Å². The van der Waals surface area contributed by atoms with Gasteiger partial charge in [0.15, 0.2) is 6.10 Å². The first-order chi connectivity index (χ1) is 15.6. The van der Waals surface area contributed by atoms with E-state index in [4.69, 9.17) is 13.9 Å². The van der Waals surface area contributed by atoms with Crippen molar-refractivity contribution in [3.8, 4) is 17.2 Å². The molecule has 0 saturated carbocycles. The molecule has 0 radical (unpaired) electrons. The van der Waals surface area contributed by atoms with Gasteiger partial charge in [-0.3, -0.25) is 0 Å². The molecule has 1 heterocycles. The van der Waals surface area contributed by atoms with Crippen LogP contribution >= 0.6 is 12.6 Å². The van der Waals surface area contributed by atoms with Crippen molar-refractivity contribution in [1.82, 2.24) is 4.98 Å². The lowest BCUT2D eigenvalue weighted by Gasteiger charge is -2.14. The predicted octanol–water partition coefficient (Wildman–Crippen LogP) is 5.57. The molecule has 0 fully saturated rings. The Morgan fingerprint density at radius 1 is 1.21 bits per heavy atom. The number of oxazole rings is 1. The molecule has 2 aromatic carbocycles. The summed E-state index contributed by atoms with van der Waals surface area (Å²) in [5.41, 5.74) is 0.868. The number of carboxylic acid groups (broad SMARTS) is 1. The van der Waals surface area contributed by atoms with E-state index in [-0.39, 0.29) is 25.5 Å². The van der Waals surface area contributed by atoms with Gasteiger partial charge in [0.2, 0.25) is 5.89 Å². The SMILES string of the molecule is CCO[C@@H](Cc1ccc(OCc2nc(-c3ccc(C(F)(F)F)cc3)oc2C)cc1S)C(=O)O. The molecule has 0 unspecified atom stereocenters. The number of alkyl halides is 3. The molecule has 0 spiro atoms. The van der Waals surface area contributed by atoms with Gasteiger partial charge in [0.1, 0.15) is 23.8 Å². The Hall–Kier alpha value is -2.98. The molecule has 0 bridgehead atoms. The Balaban J connectivity index is 1.67. The number of ether oxygens (including phenoxy) is 2. The van der Waals surface area contributed by atoms with Crippen molar-refractivity contribution in [2.75, 3.05) is 6.61 Å². The third-order valence-corrected chi connectivity index (χ3v) is 5.25. The number of carbonyl (C=O) groups is 1. The smallest absolute Gasteiger partial charge is 0.416 e. The first-order valence-corrected chi connectivity index (χ1v) is 10.5. The first kappa shape index (κ1) is 24.7. The first-order valence-electron chi connectivity index (χ1n) is 10.0. The number of nitrogens with zero attached hydrogens (tertiary/aromatic N) is 1. The van der Waals surface area contributed by atoms with E-state index < -0.39 is 23.8 Å². The Bertz CT molecular complexity index is 1110. The normalized spacial score (nSPS) is 12.5. The molecule has 6 nitrogen and oxygen atoms in total. The molecule has 0 aliphatic carbocycles. The maximum absolute atomic E-state index is 12.7. The number of halogens is 3. The van der Waals surface area contributed by atoms with Crippen LogP contribution in [0.1, 0.15) is 29.5 Å². The lowest BCUT2D eigenvalue weighted by atomic mass is 10.1. The molecular formula is C23H22F3NO5S. The molecule has 0 amide bonds. The number of thiol groups is 1. The van der Waals surface area contributed by atoms with E-state index in [1.807, 2.05) is 0 Å². The average molecular weight is 481 g/mol. The third kappa shape index (κ3) is 6.29. The minimum absolute atomic E-state index is 0.0687. The summed E-state index contributed by atoms with van der Waals surface area (Å²) in [5.74, 6) is 0.120. The van der Waals surface area contributed by atoms with Gasteiger partial charge in [-0.05, 0) is 55.8 Å². The van der Waals surface area contributed by atoms with Crippen molar-refractivity contribution >= 4 is 18.6 Å². The fourth-order valence-electron chi connectivity index (χ4n) is 3.06. The number of hydrogen-bond donors (Lipinski definition) is 2. The Kier molecular flexibility index (Phi) is 7.70. The van der Waals surface area contributed by atoms with Gasteiger partial charge in [0, 0.05) is 23.5 Å². The van der Waals surface area contributed by atoms with E-state index in [0.717, 1.165) is 12.1 Å². The van der Waals surface area contributed by atoms with E-state index in [2.05, 4.69) is 17.6 Å². The predicted molar refractivity (Wildman–Crippen MR) is 116 cm³/mol. The van der Waals surface area contributed by atoms with Crippen LogP contribution in [0.4, 0.5) is 13.2 Å². The van der Waals surface area contributed by atoms with Gasteiger partial charge in [-0.1, -0.05) is 6.07 Å². The van der Waals surface area contributed by atoms with Crippen molar-refractivity contribution in [2.45, 2.75) is 44.1 Å². The molecule has 1 atom stereocenters. The fourth-order valence-corrected chi connectivity index (χ4v) is 3.36. The van der Waals surface area contributed by atoms with Crippen LogP contribution in [0.3, 0.4) is 0 Å². The molecule has 176 valence electrons. The Morgan fingerprint density at radius 2 is 1.91 bits per heavy atom. The van der Waals surface area contributed by atoms with Gasteiger partial charge in [-0.15, -0.1) is 12.6 Å². The highest BCUT2D eigenvalue weighted by Gasteiger charge is 2.30. The lowest BCUT2D eigenvalue weighted by Crippen LogP contribution is -2.26. The van der Waals surface area contributed by atoms with E-state index in [9.17, 15) is 23.1 Å². The molecule has 1 N–H and O–H groups in total. The number of benzene rings is 2. The summed E-state index contributed by atoms with van der Waals surface area (Å²) in [4.78, 5) is 16.2. The van der Waals surface area contributed by atoms with Gasteiger partial charge in [0.05, 0.1) is 5.56 Å². The second-order valence-corrected chi connectivity index (χ2v) is 7.64. The topological polar surface area (TPSA) is 81.8 Å². The van der Waals surface area contributed by atoms with Gasteiger partial charge in [-0.2, -0.15) is 13.2 Å². The van der Waals surface area contributed by atoms with Crippen LogP contribution < -0.4 is 4.74 Å². The molecule has 33 heavy (non-hydrogen) atoms. The van der Waals surface area contributed by atoms with Crippen LogP contribution in [0.25, 0.3) is 11.5 Å². The standard InChI is InChI=1S/C23H22F3NO5S/c1-3-30-19(22(28)29)10-15-6-9-17(11-20(15)33)31-12-18-13(2)32-21(27-18)14-4-7-16(8-5-14)23(24,25)26/h4-9,11,19,33H,3,10,12H2,1-2H3,(H,28,29)/t19-/m0/s1. The fraction of sp³-hybridized carbons (Fsp3) is 0.304. The zero-order valence-electron chi connectivity index (χ0n) is 17.8. The zero-order valence-corrected chi connectivity index (χ0v) is 18.7. The lowest BCUT2D eigenvalue weighted by molar-refractivity contribution is -0.150. The second kappa shape index (κ2) is 10.3. The third-order valence-electron chi connectivity index (χ3n) is 4.83. The van der Waals surface area contributed by atoms with E-state index in [1.165, 1.54) is 12.1 Å². The zero-order chi connectivity index (χ0) is 24.2. The minimum atomic E-state index is -4.41. The monoisotopic (exact) mass is 481 g/mol. The summed E-state index contributed by atoms with van der Waals surface area (Å²) >= 11 is 4.42. The summed E-state index contributed by atoms with van der Waals surface area (Å²) in [6.45, 7) is 3.76. The summed E-state index contributed by atoms with van der Waals surface area (Å²) in [6.07, 6.45) is -5.21. The Labute approximate surface area is 193 Å². The van der Waals surface area contributed by atoms with E-state index in [0.29, 0.717) is 33.2 Å². The van der Waals surface area contributed by atoms with Crippen molar-refractivity contribution < 1.29 is 37.0 Å². The molecule has 0 saturated heterocycles. The quantitative estimate of drug-likeness (QED) is 0.389. The van der Waals surface area contributed by atoms with Crippen LogP contribution in [0.15, 0.2) is 51.8 Å². The number of hydrogen-bond acceptors (Lipinski definition) is 6. The summed E-state index contributed by atoms with van der Waals surface area (Å²) < 4.78 is 54.8. The number of aryl methyl sites for hydroxylation is 1. The number of aromatic nitrogens is 1. The maximum atomic E-state index is 12.7. The van der Waals surface area contributed by atoms with E-state index >= 15 is 0 Å². The largest absolute Gasteiger partial charge is 0.487 e.